The summed E-state index contributed by atoms with van der Waals surface area (Å²) in [7, 11) is 0. The van der Waals surface area contributed by atoms with Crippen molar-refractivity contribution >= 4 is 11.5 Å². The molecule has 1 fully saturated rings. The van der Waals surface area contributed by atoms with E-state index in [0.29, 0.717) is 38.4 Å². The maximum Gasteiger partial charge on any atom is 0.236 e. The zero-order valence-electron chi connectivity index (χ0n) is 15.9. The number of benzene rings is 2. The summed E-state index contributed by atoms with van der Waals surface area (Å²) in [5.41, 5.74) is 1.59. The van der Waals surface area contributed by atoms with E-state index in [9.17, 15) is 18.7 Å². The second-order valence-electron chi connectivity index (χ2n) is 7.25. The molecule has 2 aromatic carbocycles. The number of phenols is 1. The average Bonchev–Trinajstić information content (AvgIpc) is 3.14. The predicted octanol–water partition coefficient (Wildman–Crippen LogP) is 2.97. The molecule has 2 aromatic rings. The van der Waals surface area contributed by atoms with Gasteiger partial charge in [0.05, 0.1) is 25.8 Å². The molecule has 0 aliphatic carbocycles. The third-order valence-electron chi connectivity index (χ3n) is 5.31. The van der Waals surface area contributed by atoms with Gasteiger partial charge in [0, 0.05) is 25.2 Å². The van der Waals surface area contributed by atoms with Gasteiger partial charge in [-0.15, -0.1) is 0 Å². The molecule has 1 amide bonds. The first-order valence-electron chi connectivity index (χ1n) is 9.56. The number of halogens is 2. The average molecular weight is 400 g/mol. The molecule has 5 nitrogen and oxygen atoms in total. The lowest BCUT2D eigenvalue weighted by molar-refractivity contribution is -0.136. The fourth-order valence-electron chi connectivity index (χ4n) is 3.84. The summed E-state index contributed by atoms with van der Waals surface area (Å²) >= 11 is 0. The van der Waals surface area contributed by atoms with Crippen molar-refractivity contribution in [3.05, 3.63) is 71.3 Å². The van der Waals surface area contributed by atoms with Gasteiger partial charge < -0.3 is 14.7 Å². The quantitative estimate of drug-likeness (QED) is 0.858. The molecule has 1 N–H and O–H groups in total. The van der Waals surface area contributed by atoms with Crippen LogP contribution in [0.5, 0.6) is 5.75 Å². The van der Waals surface area contributed by atoms with Crippen LogP contribution < -0.4 is 0 Å². The van der Waals surface area contributed by atoms with Crippen molar-refractivity contribution in [1.82, 2.24) is 9.80 Å². The van der Waals surface area contributed by atoms with Gasteiger partial charge in [-0.1, -0.05) is 18.2 Å². The van der Waals surface area contributed by atoms with E-state index >= 15 is 0 Å². The van der Waals surface area contributed by atoms with E-state index in [1.165, 1.54) is 6.07 Å². The lowest BCUT2D eigenvalue weighted by Crippen LogP contribution is -2.45. The highest BCUT2D eigenvalue weighted by Crippen LogP contribution is 2.36. The monoisotopic (exact) mass is 400 g/mol. The normalized spacial score (nSPS) is 20.0. The number of rotatable bonds is 4. The molecular weight excluding hydrogens is 378 g/mol. The molecule has 0 aromatic heterocycles. The third kappa shape index (κ3) is 4.31. The summed E-state index contributed by atoms with van der Waals surface area (Å²) in [4.78, 5) is 16.4. The lowest BCUT2D eigenvalue weighted by Gasteiger charge is -2.31. The van der Waals surface area contributed by atoms with Gasteiger partial charge in [-0.25, -0.2) is 8.78 Å². The van der Waals surface area contributed by atoms with Crippen LogP contribution in [-0.4, -0.2) is 60.2 Å². The van der Waals surface area contributed by atoms with Crippen molar-refractivity contribution in [1.29, 1.82) is 0 Å². The van der Waals surface area contributed by atoms with E-state index in [-0.39, 0.29) is 29.8 Å². The summed E-state index contributed by atoms with van der Waals surface area (Å²) in [6.45, 7) is 2.55. The zero-order valence-corrected chi connectivity index (χ0v) is 15.9. The molecule has 1 saturated heterocycles. The van der Waals surface area contributed by atoms with Gasteiger partial charge in [0.25, 0.3) is 0 Å². The first-order chi connectivity index (χ1) is 14.0. The first kappa shape index (κ1) is 19.5. The van der Waals surface area contributed by atoms with Crippen molar-refractivity contribution in [3.63, 3.8) is 0 Å². The molecule has 0 spiro atoms. The Morgan fingerprint density at radius 3 is 2.69 bits per heavy atom. The van der Waals surface area contributed by atoms with Crippen molar-refractivity contribution in [3.8, 4) is 5.75 Å². The number of carbonyl (C=O) groups excluding carboxylic acids is 1. The number of nitrogens with zero attached hydrogens (tertiary/aromatic N) is 2. The summed E-state index contributed by atoms with van der Waals surface area (Å²) in [6.07, 6.45) is 1.83. The molecule has 0 radical (unpaired) electrons. The van der Waals surface area contributed by atoms with Crippen molar-refractivity contribution < 1.29 is 23.4 Å². The molecular formula is C22H22F2N2O3. The summed E-state index contributed by atoms with van der Waals surface area (Å²) in [6, 6.07) is 9.80. The molecule has 0 saturated carbocycles. The van der Waals surface area contributed by atoms with E-state index in [1.54, 1.807) is 23.1 Å². The van der Waals surface area contributed by atoms with Crippen molar-refractivity contribution in [2.75, 3.05) is 39.4 Å². The summed E-state index contributed by atoms with van der Waals surface area (Å²) < 4.78 is 33.4. The highest BCUT2D eigenvalue weighted by atomic mass is 19.1. The first-order valence-corrected chi connectivity index (χ1v) is 9.56. The highest BCUT2D eigenvalue weighted by molar-refractivity contribution is 5.80. The Balaban J connectivity index is 1.63. The second kappa shape index (κ2) is 8.31. The molecule has 1 atom stereocenters. The number of morpholine rings is 1. The molecule has 2 aliphatic rings. The van der Waals surface area contributed by atoms with Gasteiger partial charge in [-0.3, -0.25) is 9.69 Å². The third-order valence-corrected chi connectivity index (χ3v) is 5.31. The number of carbonyl (C=O) groups is 1. The maximum absolute atomic E-state index is 14.3. The maximum atomic E-state index is 14.3. The van der Waals surface area contributed by atoms with Crippen LogP contribution in [0, 0.1) is 11.6 Å². The smallest absolute Gasteiger partial charge is 0.236 e. The minimum absolute atomic E-state index is 0.0344. The van der Waals surface area contributed by atoms with Gasteiger partial charge in [0.15, 0.2) is 0 Å². The van der Waals surface area contributed by atoms with Gasteiger partial charge in [0.1, 0.15) is 17.4 Å². The van der Waals surface area contributed by atoms with Crippen LogP contribution in [0.4, 0.5) is 8.78 Å². The zero-order chi connectivity index (χ0) is 20.4. The molecule has 2 aliphatic heterocycles. The summed E-state index contributed by atoms with van der Waals surface area (Å²) in [5, 5.41) is 9.87. The molecule has 2 heterocycles. The SMILES string of the molecule is O=C(CN1CC(c2cc(F)ccc2F)=CC1c1cccc(O)c1)N1CCOCC1. The van der Waals surface area contributed by atoms with E-state index in [0.717, 1.165) is 17.7 Å². The minimum Gasteiger partial charge on any atom is -0.508 e. The van der Waals surface area contributed by atoms with E-state index in [2.05, 4.69) is 0 Å². The molecule has 152 valence electrons. The standard InChI is InChI=1S/C22H22F2N2O3/c23-17-4-5-20(24)19(12-17)16-11-21(15-2-1-3-18(27)10-15)26(13-16)14-22(28)25-6-8-29-9-7-25/h1-5,10-12,21,27H,6-9,13-14H2. The fraction of sp³-hybridized carbons (Fsp3) is 0.318. The molecule has 0 bridgehead atoms. The van der Waals surface area contributed by atoms with Crippen LogP contribution >= 0.6 is 0 Å². The fourth-order valence-corrected chi connectivity index (χ4v) is 3.84. The van der Waals surface area contributed by atoms with Gasteiger partial charge >= 0.3 is 0 Å². The molecule has 1 unspecified atom stereocenters. The van der Waals surface area contributed by atoms with Crippen LogP contribution in [-0.2, 0) is 9.53 Å². The Labute approximate surface area is 167 Å². The number of phenolic OH excluding ortho intramolecular Hbond substituents is 1. The Morgan fingerprint density at radius 2 is 1.93 bits per heavy atom. The lowest BCUT2D eigenvalue weighted by atomic mass is 10.0. The topological polar surface area (TPSA) is 53.0 Å². The van der Waals surface area contributed by atoms with Crippen LogP contribution in [0.3, 0.4) is 0 Å². The molecule has 4 rings (SSSR count). The number of hydrogen-bond acceptors (Lipinski definition) is 4. The molecule has 29 heavy (non-hydrogen) atoms. The number of amides is 1. The highest BCUT2D eigenvalue weighted by Gasteiger charge is 2.31. The van der Waals surface area contributed by atoms with Crippen LogP contribution in [0.25, 0.3) is 5.57 Å². The summed E-state index contributed by atoms with van der Waals surface area (Å²) in [5.74, 6) is -0.943. The van der Waals surface area contributed by atoms with Crippen LogP contribution in [0.1, 0.15) is 17.2 Å². The second-order valence-corrected chi connectivity index (χ2v) is 7.25. The van der Waals surface area contributed by atoms with Gasteiger partial charge in [-0.2, -0.15) is 0 Å². The van der Waals surface area contributed by atoms with Gasteiger partial charge in [-0.05, 0) is 41.5 Å². The molecule has 7 heteroatoms. The van der Waals surface area contributed by atoms with Crippen molar-refractivity contribution in [2.24, 2.45) is 0 Å². The minimum atomic E-state index is -0.515. The van der Waals surface area contributed by atoms with E-state index < -0.39 is 11.6 Å². The number of aromatic hydroxyl groups is 1. The Bertz CT molecular complexity index is 941. The van der Waals surface area contributed by atoms with E-state index in [1.807, 2.05) is 17.0 Å². The number of hydrogen-bond donors (Lipinski definition) is 1. The predicted molar refractivity (Wildman–Crippen MR) is 104 cm³/mol. The Hall–Kier alpha value is -2.77. The van der Waals surface area contributed by atoms with Crippen LogP contribution in [0.2, 0.25) is 0 Å². The Kier molecular flexibility index (Phi) is 5.60. The van der Waals surface area contributed by atoms with Crippen molar-refractivity contribution in [2.45, 2.75) is 6.04 Å². The Morgan fingerprint density at radius 1 is 1.14 bits per heavy atom. The number of ether oxygens (including phenoxy) is 1. The van der Waals surface area contributed by atoms with Gasteiger partial charge in [0.2, 0.25) is 5.91 Å². The largest absolute Gasteiger partial charge is 0.508 e. The van der Waals surface area contributed by atoms with E-state index in [4.69, 9.17) is 4.74 Å². The van der Waals surface area contributed by atoms with Crippen LogP contribution in [0.15, 0.2) is 48.5 Å².